The monoisotopic (exact) mass is 371 g/mol. The number of aromatic nitrogens is 1. The number of pyridine rings is 1. The minimum Gasteiger partial charge on any atom is -0.495 e. The topological polar surface area (TPSA) is 63.2 Å². The molecule has 3 rings (SSSR count). The van der Waals surface area contributed by atoms with E-state index < -0.39 is 5.82 Å². The van der Waals surface area contributed by atoms with Gasteiger partial charge in [-0.25, -0.2) is 9.37 Å². The Kier molecular flexibility index (Phi) is 5.34. The van der Waals surface area contributed by atoms with Crippen LogP contribution in [-0.2, 0) is 0 Å². The number of carbonyl (C=O) groups is 1. The van der Waals surface area contributed by atoms with E-state index in [0.29, 0.717) is 28.5 Å². The maximum Gasteiger partial charge on any atom is 0.259 e. The predicted molar refractivity (Wildman–Crippen MR) is 99.9 cm³/mol. The van der Waals surface area contributed by atoms with E-state index in [9.17, 15) is 9.18 Å². The normalized spacial score (nSPS) is 10.3. The highest BCUT2D eigenvalue weighted by molar-refractivity contribution is 6.31. The third kappa shape index (κ3) is 3.92. The molecule has 0 aliphatic heterocycles. The quantitative estimate of drug-likeness (QED) is 0.671. The van der Waals surface area contributed by atoms with Gasteiger partial charge in [0.05, 0.1) is 23.4 Å². The minimum absolute atomic E-state index is 0.0223. The smallest absolute Gasteiger partial charge is 0.259 e. The molecular formula is C19H15ClFN3O2. The Hall–Kier alpha value is -3.12. The number of hydrogen-bond acceptors (Lipinski definition) is 4. The molecule has 132 valence electrons. The van der Waals surface area contributed by atoms with Gasteiger partial charge in [-0.05, 0) is 42.5 Å². The summed E-state index contributed by atoms with van der Waals surface area (Å²) in [6.07, 6.45) is 1.55. The van der Waals surface area contributed by atoms with Crippen LogP contribution in [0.4, 0.5) is 21.6 Å². The van der Waals surface area contributed by atoms with Crippen LogP contribution in [0.1, 0.15) is 10.4 Å². The van der Waals surface area contributed by atoms with E-state index in [4.69, 9.17) is 16.3 Å². The van der Waals surface area contributed by atoms with Gasteiger partial charge >= 0.3 is 0 Å². The lowest BCUT2D eigenvalue weighted by Gasteiger charge is -2.13. The van der Waals surface area contributed by atoms with Crippen LogP contribution in [0.15, 0.2) is 60.8 Å². The standard InChI is InChI=1S/C19H15ClFN3O2/c1-26-17-7-3-2-6-16(17)24-19(25)13-5-4-10-22-18(13)23-12-8-9-15(21)14(20)11-12/h2-11H,1H3,(H,22,23)(H,24,25). The largest absolute Gasteiger partial charge is 0.495 e. The van der Waals surface area contributed by atoms with E-state index in [0.717, 1.165) is 0 Å². The fourth-order valence-corrected chi connectivity index (χ4v) is 2.52. The summed E-state index contributed by atoms with van der Waals surface area (Å²) in [6.45, 7) is 0. The number of nitrogens with zero attached hydrogens (tertiary/aromatic N) is 1. The Balaban J connectivity index is 1.86. The van der Waals surface area contributed by atoms with Crippen molar-refractivity contribution in [1.29, 1.82) is 0 Å². The molecule has 0 aliphatic carbocycles. The van der Waals surface area contributed by atoms with Crippen LogP contribution >= 0.6 is 11.6 Å². The van der Waals surface area contributed by atoms with Crippen LogP contribution < -0.4 is 15.4 Å². The van der Waals surface area contributed by atoms with Gasteiger partial charge in [0, 0.05) is 11.9 Å². The fraction of sp³-hybridized carbons (Fsp3) is 0.0526. The van der Waals surface area contributed by atoms with Crippen molar-refractivity contribution in [3.8, 4) is 5.75 Å². The van der Waals surface area contributed by atoms with Crippen LogP contribution in [0.5, 0.6) is 5.75 Å². The van der Waals surface area contributed by atoms with Crippen molar-refractivity contribution in [3.63, 3.8) is 0 Å². The lowest BCUT2D eigenvalue weighted by atomic mass is 10.2. The summed E-state index contributed by atoms with van der Waals surface area (Å²) in [5, 5.41) is 5.75. The first kappa shape index (κ1) is 17.7. The van der Waals surface area contributed by atoms with Crippen molar-refractivity contribution in [1.82, 2.24) is 4.98 Å². The number of ether oxygens (including phenoxy) is 1. The Labute approximate surface area is 154 Å². The van der Waals surface area contributed by atoms with Crippen molar-refractivity contribution in [2.45, 2.75) is 0 Å². The summed E-state index contributed by atoms with van der Waals surface area (Å²) in [4.78, 5) is 16.9. The molecule has 26 heavy (non-hydrogen) atoms. The van der Waals surface area contributed by atoms with Gasteiger partial charge in [-0.1, -0.05) is 23.7 Å². The average molecular weight is 372 g/mol. The molecule has 1 heterocycles. The summed E-state index contributed by atoms with van der Waals surface area (Å²) >= 11 is 5.79. The summed E-state index contributed by atoms with van der Waals surface area (Å²) in [5.74, 6) is -0.0159. The zero-order valence-corrected chi connectivity index (χ0v) is 14.5. The van der Waals surface area contributed by atoms with Gasteiger partial charge in [0.2, 0.25) is 0 Å². The third-order valence-electron chi connectivity index (χ3n) is 3.59. The highest BCUT2D eigenvalue weighted by atomic mass is 35.5. The molecule has 0 radical (unpaired) electrons. The van der Waals surface area contributed by atoms with Crippen LogP contribution in [0, 0.1) is 5.82 Å². The van der Waals surface area contributed by atoms with Crippen molar-refractivity contribution in [2.24, 2.45) is 0 Å². The second kappa shape index (κ2) is 7.84. The van der Waals surface area contributed by atoms with E-state index >= 15 is 0 Å². The van der Waals surface area contributed by atoms with Gasteiger partial charge in [0.1, 0.15) is 17.4 Å². The average Bonchev–Trinajstić information content (AvgIpc) is 2.65. The predicted octanol–water partition coefficient (Wildman–Crippen LogP) is 4.88. The van der Waals surface area contributed by atoms with Gasteiger partial charge in [-0.3, -0.25) is 4.79 Å². The lowest BCUT2D eigenvalue weighted by Crippen LogP contribution is -2.15. The number of halogens is 2. The number of nitrogens with one attached hydrogen (secondary N) is 2. The molecule has 0 spiro atoms. The SMILES string of the molecule is COc1ccccc1NC(=O)c1cccnc1Nc1ccc(F)c(Cl)c1. The Morgan fingerprint density at radius 3 is 2.73 bits per heavy atom. The van der Waals surface area contributed by atoms with Gasteiger partial charge in [-0.2, -0.15) is 0 Å². The molecule has 3 aromatic rings. The first-order valence-electron chi connectivity index (χ1n) is 7.70. The van der Waals surface area contributed by atoms with E-state index in [-0.39, 0.29) is 10.9 Å². The number of benzene rings is 2. The fourth-order valence-electron chi connectivity index (χ4n) is 2.34. The number of anilines is 3. The first-order chi connectivity index (χ1) is 12.6. The summed E-state index contributed by atoms with van der Waals surface area (Å²) in [6, 6.07) is 14.5. The maximum atomic E-state index is 13.3. The number of para-hydroxylation sites is 2. The molecule has 1 amide bonds. The van der Waals surface area contributed by atoms with E-state index in [2.05, 4.69) is 15.6 Å². The van der Waals surface area contributed by atoms with Crippen molar-refractivity contribution in [3.05, 3.63) is 77.2 Å². The molecule has 0 fully saturated rings. The molecule has 0 bridgehead atoms. The molecule has 7 heteroatoms. The number of hydrogen-bond donors (Lipinski definition) is 2. The maximum absolute atomic E-state index is 13.3. The van der Waals surface area contributed by atoms with Crippen LogP contribution in [0.25, 0.3) is 0 Å². The molecule has 2 aromatic carbocycles. The molecule has 2 N–H and O–H groups in total. The van der Waals surface area contributed by atoms with E-state index in [1.54, 1.807) is 36.5 Å². The Morgan fingerprint density at radius 1 is 1.15 bits per heavy atom. The number of methoxy groups -OCH3 is 1. The highest BCUT2D eigenvalue weighted by Crippen LogP contribution is 2.26. The zero-order chi connectivity index (χ0) is 18.5. The first-order valence-corrected chi connectivity index (χ1v) is 8.07. The lowest BCUT2D eigenvalue weighted by molar-refractivity contribution is 0.102. The van der Waals surface area contributed by atoms with E-state index in [1.165, 1.54) is 25.3 Å². The highest BCUT2D eigenvalue weighted by Gasteiger charge is 2.15. The van der Waals surface area contributed by atoms with Crippen molar-refractivity contribution >= 4 is 34.7 Å². The molecule has 0 unspecified atom stereocenters. The summed E-state index contributed by atoms with van der Waals surface area (Å²) < 4.78 is 18.5. The van der Waals surface area contributed by atoms with Gasteiger partial charge < -0.3 is 15.4 Å². The third-order valence-corrected chi connectivity index (χ3v) is 3.88. The molecular weight excluding hydrogens is 357 g/mol. The molecule has 0 saturated carbocycles. The molecule has 0 atom stereocenters. The Morgan fingerprint density at radius 2 is 1.96 bits per heavy atom. The molecule has 0 saturated heterocycles. The van der Waals surface area contributed by atoms with Crippen LogP contribution in [0.3, 0.4) is 0 Å². The van der Waals surface area contributed by atoms with Crippen molar-refractivity contribution < 1.29 is 13.9 Å². The second-order valence-electron chi connectivity index (χ2n) is 5.31. The minimum atomic E-state index is -0.521. The van der Waals surface area contributed by atoms with Crippen LogP contribution in [-0.4, -0.2) is 18.0 Å². The number of amides is 1. The molecule has 0 aliphatic rings. The summed E-state index contributed by atoms with van der Waals surface area (Å²) in [7, 11) is 1.53. The summed E-state index contributed by atoms with van der Waals surface area (Å²) in [5.41, 5.74) is 1.37. The molecule has 5 nitrogen and oxygen atoms in total. The van der Waals surface area contributed by atoms with Gasteiger partial charge in [-0.15, -0.1) is 0 Å². The molecule has 1 aromatic heterocycles. The van der Waals surface area contributed by atoms with Gasteiger partial charge in [0.15, 0.2) is 0 Å². The Bertz CT molecular complexity index is 950. The zero-order valence-electron chi connectivity index (χ0n) is 13.8. The van der Waals surface area contributed by atoms with Crippen LogP contribution in [0.2, 0.25) is 5.02 Å². The van der Waals surface area contributed by atoms with Gasteiger partial charge in [0.25, 0.3) is 5.91 Å². The van der Waals surface area contributed by atoms with Crippen molar-refractivity contribution in [2.75, 3.05) is 17.7 Å². The van der Waals surface area contributed by atoms with E-state index in [1.807, 2.05) is 6.07 Å². The number of rotatable bonds is 5. The second-order valence-corrected chi connectivity index (χ2v) is 5.72. The number of carbonyl (C=O) groups excluding carboxylic acids is 1.